The molecule has 0 atom stereocenters. The Morgan fingerprint density at radius 1 is 1.50 bits per heavy atom. The Hall–Kier alpha value is 0.0400. The molecule has 1 aromatic rings. The van der Waals surface area contributed by atoms with E-state index in [0.717, 1.165) is 22.0 Å². The molecule has 0 aliphatic carbocycles. The second-order valence-electron chi connectivity index (χ2n) is 2.65. The van der Waals surface area contributed by atoms with Crippen LogP contribution in [0.1, 0.15) is 18.9 Å². The Morgan fingerprint density at radius 2 is 2.17 bits per heavy atom. The van der Waals surface area contributed by atoms with E-state index in [9.17, 15) is 5.11 Å². The van der Waals surface area contributed by atoms with Gasteiger partial charge in [0.1, 0.15) is 5.75 Å². The second kappa shape index (κ2) is 4.33. The third kappa shape index (κ3) is 2.26. The number of hydrogen-bond acceptors (Lipinski definition) is 1. The third-order valence-corrected chi connectivity index (χ3v) is 2.67. The first-order valence-corrected chi connectivity index (χ1v) is 5.27. The van der Waals surface area contributed by atoms with Crippen molar-refractivity contribution in [2.24, 2.45) is 0 Å². The van der Waals surface area contributed by atoms with Crippen LogP contribution in [0.2, 0.25) is 5.02 Å². The molecule has 0 aliphatic rings. The van der Waals surface area contributed by atoms with Crippen molar-refractivity contribution in [3.05, 3.63) is 26.3 Å². The average Bonchev–Trinajstić information content (AvgIpc) is 2.00. The van der Waals surface area contributed by atoms with Crippen LogP contribution in [0, 0.1) is 3.57 Å². The summed E-state index contributed by atoms with van der Waals surface area (Å²) in [4.78, 5) is 0. The van der Waals surface area contributed by atoms with E-state index in [2.05, 4.69) is 29.5 Å². The zero-order valence-electron chi connectivity index (χ0n) is 6.77. The minimum Gasteiger partial charge on any atom is -0.507 e. The van der Waals surface area contributed by atoms with E-state index < -0.39 is 0 Å². The van der Waals surface area contributed by atoms with Gasteiger partial charge in [0, 0.05) is 5.02 Å². The number of hydrogen-bond donors (Lipinski definition) is 1. The largest absolute Gasteiger partial charge is 0.507 e. The van der Waals surface area contributed by atoms with E-state index in [4.69, 9.17) is 11.6 Å². The lowest BCUT2D eigenvalue weighted by Crippen LogP contribution is -1.86. The molecule has 0 bridgehead atoms. The molecule has 0 amide bonds. The summed E-state index contributed by atoms with van der Waals surface area (Å²) in [5.74, 6) is 0.377. The second-order valence-corrected chi connectivity index (χ2v) is 4.24. The highest BCUT2D eigenvalue weighted by atomic mass is 127. The summed E-state index contributed by atoms with van der Waals surface area (Å²) in [5, 5.41) is 10.3. The van der Waals surface area contributed by atoms with Crippen molar-refractivity contribution in [1.29, 1.82) is 0 Å². The number of phenols is 1. The topological polar surface area (TPSA) is 20.2 Å². The number of aromatic hydroxyl groups is 1. The van der Waals surface area contributed by atoms with E-state index >= 15 is 0 Å². The van der Waals surface area contributed by atoms with E-state index in [1.807, 2.05) is 6.07 Å². The van der Waals surface area contributed by atoms with Gasteiger partial charge in [-0.05, 0) is 46.7 Å². The molecule has 0 saturated heterocycles. The number of aryl methyl sites for hydroxylation is 1. The van der Waals surface area contributed by atoms with Gasteiger partial charge in [0.05, 0.1) is 3.57 Å². The first kappa shape index (κ1) is 10.1. The van der Waals surface area contributed by atoms with E-state index in [1.165, 1.54) is 0 Å². The highest BCUT2D eigenvalue weighted by molar-refractivity contribution is 14.1. The molecule has 0 heterocycles. The molecule has 1 aromatic carbocycles. The van der Waals surface area contributed by atoms with E-state index in [-0.39, 0.29) is 0 Å². The van der Waals surface area contributed by atoms with Gasteiger partial charge in [0.15, 0.2) is 0 Å². The smallest absolute Gasteiger partial charge is 0.132 e. The van der Waals surface area contributed by atoms with Crippen LogP contribution in [-0.4, -0.2) is 5.11 Å². The Kier molecular flexibility index (Phi) is 3.65. The predicted octanol–water partition coefficient (Wildman–Crippen LogP) is 3.60. The zero-order valence-corrected chi connectivity index (χ0v) is 9.69. The van der Waals surface area contributed by atoms with Gasteiger partial charge in [-0.15, -0.1) is 0 Å². The molecular formula is C9H10ClIO. The highest BCUT2D eigenvalue weighted by Crippen LogP contribution is 2.28. The van der Waals surface area contributed by atoms with Crippen LogP contribution < -0.4 is 0 Å². The summed E-state index contributed by atoms with van der Waals surface area (Å²) in [5.41, 5.74) is 0.939. The predicted molar refractivity (Wildman–Crippen MR) is 59.8 cm³/mol. The first-order valence-electron chi connectivity index (χ1n) is 3.82. The fourth-order valence-electron chi connectivity index (χ4n) is 1.08. The van der Waals surface area contributed by atoms with Gasteiger partial charge in [-0.2, -0.15) is 0 Å². The number of rotatable bonds is 2. The fourth-order valence-corrected chi connectivity index (χ4v) is 2.19. The van der Waals surface area contributed by atoms with Crippen LogP contribution in [0.3, 0.4) is 0 Å². The Balaban J connectivity index is 3.09. The van der Waals surface area contributed by atoms with Crippen LogP contribution >= 0.6 is 34.2 Å². The van der Waals surface area contributed by atoms with E-state index in [0.29, 0.717) is 10.8 Å². The Morgan fingerprint density at radius 3 is 2.75 bits per heavy atom. The molecule has 0 fully saturated rings. The fraction of sp³-hybridized carbons (Fsp3) is 0.333. The molecule has 12 heavy (non-hydrogen) atoms. The summed E-state index contributed by atoms with van der Waals surface area (Å²) in [6.45, 7) is 2.08. The molecule has 1 rings (SSSR count). The van der Waals surface area contributed by atoms with Gasteiger partial charge in [0.2, 0.25) is 0 Å². The Labute approximate surface area is 90.9 Å². The lowest BCUT2D eigenvalue weighted by Gasteiger charge is -2.05. The molecule has 66 valence electrons. The van der Waals surface area contributed by atoms with Crippen LogP contribution in [0.15, 0.2) is 12.1 Å². The van der Waals surface area contributed by atoms with Crippen LogP contribution in [0.25, 0.3) is 0 Å². The molecule has 0 radical (unpaired) electrons. The maximum absolute atomic E-state index is 9.59. The minimum atomic E-state index is 0.377. The van der Waals surface area contributed by atoms with Crippen molar-refractivity contribution in [3.8, 4) is 5.75 Å². The van der Waals surface area contributed by atoms with Gasteiger partial charge < -0.3 is 5.11 Å². The van der Waals surface area contributed by atoms with E-state index in [1.54, 1.807) is 6.07 Å². The van der Waals surface area contributed by atoms with Gasteiger partial charge in [-0.3, -0.25) is 0 Å². The average molecular weight is 297 g/mol. The van der Waals surface area contributed by atoms with Crippen LogP contribution in [0.5, 0.6) is 5.75 Å². The van der Waals surface area contributed by atoms with Crippen molar-refractivity contribution in [2.45, 2.75) is 19.8 Å². The summed E-state index contributed by atoms with van der Waals surface area (Å²) in [6.07, 6.45) is 1.90. The SMILES string of the molecule is CCCc1cc(Cl)cc(I)c1O. The molecule has 0 saturated carbocycles. The molecular weight excluding hydrogens is 286 g/mol. The molecule has 0 aromatic heterocycles. The maximum Gasteiger partial charge on any atom is 0.132 e. The van der Waals surface area contributed by atoms with Crippen LogP contribution in [-0.2, 0) is 6.42 Å². The van der Waals surface area contributed by atoms with Gasteiger partial charge in [0.25, 0.3) is 0 Å². The van der Waals surface area contributed by atoms with Gasteiger partial charge >= 0.3 is 0 Å². The highest BCUT2D eigenvalue weighted by Gasteiger charge is 2.05. The van der Waals surface area contributed by atoms with Crippen molar-refractivity contribution in [3.63, 3.8) is 0 Å². The maximum atomic E-state index is 9.59. The molecule has 3 heteroatoms. The van der Waals surface area contributed by atoms with Crippen molar-refractivity contribution in [2.75, 3.05) is 0 Å². The number of halogens is 2. The monoisotopic (exact) mass is 296 g/mol. The molecule has 0 unspecified atom stereocenters. The first-order chi connectivity index (χ1) is 5.65. The number of phenolic OH excluding ortho intramolecular Hbond substituents is 1. The lowest BCUT2D eigenvalue weighted by atomic mass is 10.1. The number of benzene rings is 1. The quantitative estimate of drug-likeness (QED) is 0.827. The third-order valence-electron chi connectivity index (χ3n) is 1.63. The van der Waals surface area contributed by atoms with Crippen LogP contribution in [0.4, 0.5) is 0 Å². The molecule has 1 nitrogen and oxygen atoms in total. The molecule has 1 N–H and O–H groups in total. The minimum absolute atomic E-state index is 0.377. The summed E-state index contributed by atoms with van der Waals surface area (Å²) < 4.78 is 0.823. The van der Waals surface area contributed by atoms with Crippen molar-refractivity contribution in [1.82, 2.24) is 0 Å². The standard InChI is InChI=1S/C9H10ClIO/c1-2-3-6-4-7(10)5-8(11)9(6)12/h4-5,12H,2-3H2,1H3. The normalized spacial score (nSPS) is 10.2. The summed E-state index contributed by atoms with van der Waals surface area (Å²) in [7, 11) is 0. The molecule has 0 spiro atoms. The Bertz CT molecular complexity index is 286. The summed E-state index contributed by atoms with van der Waals surface area (Å²) in [6, 6.07) is 3.58. The zero-order chi connectivity index (χ0) is 9.14. The van der Waals surface area contributed by atoms with Gasteiger partial charge in [-0.1, -0.05) is 24.9 Å². The van der Waals surface area contributed by atoms with Crippen molar-refractivity contribution >= 4 is 34.2 Å². The summed E-state index contributed by atoms with van der Waals surface area (Å²) >= 11 is 7.92. The lowest BCUT2D eigenvalue weighted by molar-refractivity contribution is 0.464. The van der Waals surface area contributed by atoms with Gasteiger partial charge in [-0.25, -0.2) is 0 Å². The van der Waals surface area contributed by atoms with Crippen molar-refractivity contribution < 1.29 is 5.11 Å². The molecule has 0 aliphatic heterocycles.